The van der Waals surface area contributed by atoms with E-state index >= 15 is 0 Å². The van der Waals surface area contributed by atoms with Gasteiger partial charge in [0, 0.05) is 30.7 Å². The summed E-state index contributed by atoms with van der Waals surface area (Å²) in [4.78, 5) is 25.7. The fourth-order valence-corrected chi connectivity index (χ4v) is 4.82. The van der Waals surface area contributed by atoms with Gasteiger partial charge in [-0.3, -0.25) is 4.90 Å². The topological polar surface area (TPSA) is 106 Å². The molecule has 2 aliphatic heterocycles. The Bertz CT molecular complexity index is 1360. The van der Waals surface area contributed by atoms with Gasteiger partial charge in [-0.2, -0.15) is 0 Å². The van der Waals surface area contributed by atoms with Crippen molar-refractivity contribution in [3.05, 3.63) is 58.4 Å². The van der Waals surface area contributed by atoms with Crippen LogP contribution in [0.2, 0.25) is 5.02 Å². The van der Waals surface area contributed by atoms with Crippen molar-refractivity contribution in [2.75, 3.05) is 40.5 Å². The number of aryl methyl sites for hydroxylation is 1. The minimum Gasteiger partial charge on any atom is -0.474 e. The van der Waals surface area contributed by atoms with Crippen LogP contribution in [0.25, 0.3) is 0 Å². The third-order valence-corrected chi connectivity index (χ3v) is 6.73. The number of nitrogens with two attached hydrogens (primary N) is 1. The van der Waals surface area contributed by atoms with E-state index in [4.69, 9.17) is 26.8 Å². The molecule has 0 radical (unpaired) electrons. The van der Waals surface area contributed by atoms with Crippen molar-refractivity contribution < 1.29 is 14.3 Å². The van der Waals surface area contributed by atoms with E-state index in [0.29, 0.717) is 36.3 Å². The number of nitrogens with zero attached hydrogens (tertiary/aromatic N) is 4. The summed E-state index contributed by atoms with van der Waals surface area (Å²) >= 11 is 6.92. The number of hydrogen-bond acceptors (Lipinski definition) is 8. The van der Waals surface area contributed by atoms with Gasteiger partial charge in [0.1, 0.15) is 23.7 Å². The van der Waals surface area contributed by atoms with Crippen molar-refractivity contribution >= 4 is 46.3 Å². The molecule has 194 valence electrons. The van der Waals surface area contributed by atoms with Crippen LogP contribution in [0.5, 0.6) is 5.88 Å². The van der Waals surface area contributed by atoms with E-state index in [-0.39, 0.29) is 0 Å². The van der Waals surface area contributed by atoms with Gasteiger partial charge in [0.15, 0.2) is 0 Å². The lowest BCUT2D eigenvalue weighted by Gasteiger charge is -2.35. The van der Waals surface area contributed by atoms with E-state index in [9.17, 15) is 4.79 Å². The molecule has 3 aromatic rings. The Morgan fingerprint density at radius 1 is 1.16 bits per heavy atom. The third-order valence-electron chi connectivity index (χ3n) is 6.35. The number of halogens is 1. The number of amides is 1. The second-order valence-electron chi connectivity index (χ2n) is 10.3. The molecular formula is C27H31ClN6O3. The van der Waals surface area contributed by atoms with Gasteiger partial charge in [-0.1, -0.05) is 11.6 Å². The number of aromatic nitrogens is 2. The molecule has 1 aromatic carbocycles. The summed E-state index contributed by atoms with van der Waals surface area (Å²) in [7, 11) is 0. The molecule has 37 heavy (non-hydrogen) atoms. The molecule has 9 nitrogen and oxygen atoms in total. The van der Waals surface area contributed by atoms with E-state index in [1.54, 1.807) is 6.20 Å². The lowest BCUT2D eigenvalue weighted by atomic mass is 10.0. The van der Waals surface area contributed by atoms with Gasteiger partial charge < -0.3 is 25.4 Å². The number of fused-ring (bicyclic) bond motifs is 2. The first-order valence-electron chi connectivity index (χ1n) is 12.3. The molecule has 0 saturated heterocycles. The Hall–Kier alpha value is -3.72. The molecule has 0 aliphatic carbocycles. The van der Waals surface area contributed by atoms with Crippen molar-refractivity contribution in [3.63, 3.8) is 0 Å². The molecule has 1 amide bonds. The van der Waals surface area contributed by atoms with Crippen LogP contribution in [-0.4, -0.2) is 41.4 Å². The zero-order valence-corrected chi connectivity index (χ0v) is 22.2. The zero-order chi connectivity index (χ0) is 26.3. The van der Waals surface area contributed by atoms with Gasteiger partial charge >= 0.3 is 6.09 Å². The Labute approximate surface area is 221 Å². The minimum absolute atomic E-state index is 0.322. The smallest absolute Gasteiger partial charge is 0.415 e. The number of nitrogens with one attached hydrogen (secondary N) is 1. The molecule has 2 aliphatic rings. The van der Waals surface area contributed by atoms with Crippen LogP contribution < -0.4 is 25.6 Å². The number of rotatable bonds is 3. The predicted octanol–water partition coefficient (Wildman–Crippen LogP) is 5.46. The van der Waals surface area contributed by atoms with Crippen LogP contribution in [0.4, 0.5) is 33.4 Å². The molecule has 0 spiro atoms. The molecule has 10 heteroatoms. The number of anilines is 5. The number of carbonyl (C=O) groups is 1. The Kier molecular flexibility index (Phi) is 6.49. The molecule has 3 N–H and O–H groups in total. The number of nitrogen functional groups attached to an aromatic ring is 1. The summed E-state index contributed by atoms with van der Waals surface area (Å²) in [5.74, 6) is 1.08. The highest BCUT2D eigenvalue weighted by molar-refractivity contribution is 6.36. The summed E-state index contributed by atoms with van der Waals surface area (Å²) in [5.41, 5.74) is 11.5. The van der Waals surface area contributed by atoms with Gasteiger partial charge in [0.25, 0.3) is 0 Å². The third kappa shape index (κ3) is 5.22. The summed E-state index contributed by atoms with van der Waals surface area (Å²) in [5, 5.41) is 3.79. The quantitative estimate of drug-likeness (QED) is 0.437. The molecule has 0 bridgehead atoms. The molecule has 0 unspecified atom stereocenters. The highest BCUT2D eigenvalue weighted by Gasteiger charge is 2.33. The SMILES string of the molecule is Cc1cc(Nc2cc3c(cn2)CCN(c2cnc4c(c2Cl)N(C(=O)OC(C)(C)C)CCO4)C3)ccc1N. The number of benzene rings is 1. The number of ether oxygens (including phenoxy) is 2. The Morgan fingerprint density at radius 3 is 2.73 bits per heavy atom. The average molecular weight is 523 g/mol. The van der Waals surface area contributed by atoms with Crippen LogP contribution in [0.1, 0.15) is 37.5 Å². The van der Waals surface area contributed by atoms with E-state index in [0.717, 1.165) is 47.0 Å². The first-order chi connectivity index (χ1) is 17.6. The first-order valence-corrected chi connectivity index (χ1v) is 12.6. The predicted molar refractivity (Wildman–Crippen MR) is 146 cm³/mol. The highest BCUT2D eigenvalue weighted by Crippen LogP contribution is 2.43. The van der Waals surface area contributed by atoms with E-state index in [1.165, 1.54) is 10.5 Å². The molecule has 5 rings (SSSR count). The normalized spacial score (nSPS) is 14.9. The summed E-state index contributed by atoms with van der Waals surface area (Å²) in [6.45, 7) is 9.50. The van der Waals surface area contributed by atoms with Crippen molar-refractivity contribution in [3.8, 4) is 5.88 Å². The Morgan fingerprint density at radius 2 is 1.97 bits per heavy atom. The second-order valence-corrected chi connectivity index (χ2v) is 10.7. The van der Waals surface area contributed by atoms with E-state index in [2.05, 4.69) is 26.3 Å². The molecule has 4 heterocycles. The van der Waals surface area contributed by atoms with Crippen LogP contribution in [0.3, 0.4) is 0 Å². The average Bonchev–Trinajstić information content (AvgIpc) is 2.85. The van der Waals surface area contributed by atoms with Gasteiger partial charge in [0.2, 0.25) is 5.88 Å². The maximum absolute atomic E-state index is 12.9. The molecular weight excluding hydrogens is 492 g/mol. The number of hydrogen-bond donors (Lipinski definition) is 2. The van der Waals surface area contributed by atoms with Crippen molar-refractivity contribution in [1.29, 1.82) is 0 Å². The monoisotopic (exact) mass is 522 g/mol. The minimum atomic E-state index is -0.630. The highest BCUT2D eigenvalue weighted by atomic mass is 35.5. The van der Waals surface area contributed by atoms with E-state index < -0.39 is 11.7 Å². The number of carbonyl (C=O) groups excluding carboxylic acids is 1. The van der Waals surface area contributed by atoms with Crippen molar-refractivity contribution in [2.45, 2.75) is 46.3 Å². The second kappa shape index (κ2) is 9.63. The van der Waals surface area contributed by atoms with Crippen molar-refractivity contribution in [1.82, 2.24) is 9.97 Å². The largest absolute Gasteiger partial charge is 0.474 e. The van der Waals surface area contributed by atoms with Crippen molar-refractivity contribution in [2.24, 2.45) is 0 Å². The van der Waals surface area contributed by atoms with Gasteiger partial charge in [-0.25, -0.2) is 14.8 Å². The molecule has 2 aromatic heterocycles. The lowest BCUT2D eigenvalue weighted by Crippen LogP contribution is -2.42. The molecule has 0 saturated carbocycles. The zero-order valence-electron chi connectivity index (χ0n) is 21.5. The Balaban J connectivity index is 1.40. The maximum atomic E-state index is 12.9. The fourth-order valence-electron chi connectivity index (χ4n) is 4.47. The standard InChI is InChI=1S/C27H31ClN6O3/c1-16-11-19(5-6-20(16)29)32-22-12-18-15-33(8-7-17(18)13-30-22)21-14-31-25-24(23(21)28)34(9-10-36-25)26(35)37-27(2,3)4/h5-6,11-14H,7-10,15,29H2,1-4H3,(H,30,32). The summed E-state index contributed by atoms with van der Waals surface area (Å²) < 4.78 is 11.3. The van der Waals surface area contributed by atoms with Crippen LogP contribution in [0, 0.1) is 6.92 Å². The number of pyridine rings is 2. The summed E-state index contributed by atoms with van der Waals surface area (Å²) in [6, 6.07) is 7.88. The summed E-state index contributed by atoms with van der Waals surface area (Å²) in [6.07, 6.45) is 3.97. The maximum Gasteiger partial charge on any atom is 0.415 e. The van der Waals surface area contributed by atoms with E-state index in [1.807, 2.05) is 52.1 Å². The van der Waals surface area contributed by atoms with Crippen LogP contribution in [-0.2, 0) is 17.7 Å². The lowest BCUT2D eigenvalue weighted by molar-refractivity contribution is 0.0567. The van der Waals surface area contributed by atoms with Crippen LogP contribution >= 0.6 is 11.6 Å². The van der Waals surface area contributed by atoms with Gasteiger partial charge in [0.05, 0.1) is 23.5 Å². The first kappa shape index (κ1) is 25.0. The fraction of sp³-hybridized carbons (Fsp3) is 0.370. The van der Waals surface area contributed by atoms with Gasteiger partial charge in [-0.05, 0) is 75.1 Å². The van der Waals surface area contributed by atoms with Crippen LogP contribution in [0.15, 0.2) is 36.7 Å². The van der Waals surface area contributed by atoms with Gasteiger partial charge in [-0.15, -0.1) is 0 Å². The molecule has 0 fully saturated rings. The molecule has 0 atom stereocenters.